The van der Waals surface area contributed by atoms with Crippen molar-refractivity contribution in [3.8, 4) is 0 Å². The highest BCUT2D eigenvalue weighted by molar-refractivity contribution is 7.88. The first-order chi connectivity index (χ1) is 43.8. The van der Waals surface area contributed by atoms with Gasteiger partial charge in [0.15, 0.2) is 11.6 Å². The molecule has 0 spiro atoms. The number of rotatable bonds is 17. The number of ketones is 3. The maximum Gasteiger partial charge on any atom is 0.246 e. The van der Waals surface area contributed by atoms with E-state index < -0.39 is 165 Å². The number of aliphatic hydroxyl groups excluding tert-OH is 1. The van der Waals surface area contributed by atoms with Crippen molar-refractivity contribution < 1.29 is 66.3 Å². The van der Waals surface area contributed by atoms with Crippen LogP contribution in [-0.2, 0) is 62.8 Å². The van der Waals surface area contributed by atoms with Gasteiger partial charge in [0.2, 0.25) is 57.3 Å². The predicted molar refractivity (Wildman–Crippen MR) is 369 cm³/mol. The van der Waals surface area contributed by atoms with Crippen LogP contribution in [0.1, 0.15) is 169 Å². The monoisotopic (exact) mass is 1360 g/mol. The van der Waals surface area contributed by atoms with Gasteiger partial charge >= 0.3 is 0 Å². The van der Waals surface area contributed by atoms with Crippen LogP contribution in [-0.4, -0.2) is 264 Å². The third-order valence-corrected chi connectivity index (χ3v) is 20.9. The van der Waals surface area contributed by atoms with E-state index in [1.807, 2.05) is 46.4 Å². The van der Waals surface area contributed by atoms with Gasteiger partial charge < -0.3 is 49.6 Å². The molecule has 0 aromatic heterocycles. The fraction of sp³-hybridized carbons (Fsp3) is 0.814. The highest BCUT2D eigenvalue weighted by atomic mass is 32.2. The van der Waals surface area contributed by atoms with Gasteiger partial charge in [-0.1, -0.05) is 116 Å². The fourth-order valence-electron chi connectivity index (χ4n) is 13.4. The zero-order chi connectivity index (χ0) is 73.3. The number of carbonyl (C=O) groups excluding carboxylic acids is 11. The number of likely N-dealkylation sites (N-methyl/N-ethyl adjacent to an activating group) is 7. The zero-order valence-corrected chi connectivity index (χ0v) is 63.3. The van der Waals surface area contributed by atoms with Crippen LogP contribution >= 0.6 is 0 Å². The third-order valence-electron chi connectivity index (χ3n) is 19.6. The minimum atomic E-state index is -3.48. The van der Waals surface area contributed by atoms with Crippen LogP contribution in [0.5, 0.6) is 0 Å². The highest BCUT2D eigenvalue weighted by Crippen LogP contribution is 2.30. The molecular weight excluding hydrogens is 1240 g/mol. The molecule has 2 saturated heterocycles. The second-order valence-electron chi connectivity index (χ2n) is 29.7. The number of nitrogens with zero attached hydrogens (tertiary/aromatic N) is 9. The lowest BCUT2D eigenvalue weighted by Crippen LogP contribution is -2.63. The molecular formula is C70H124N10O14S. The molecule has 0 aliphatic carbocycles. The molecule has 25 heteroatoms. The summed E-state index contributed by atoms with van der Waals surface area (Å²) in [6, 6.07) is -9.99. The second-order valence-corrected chi connectivity index (χ2v) is 31.7. The Balaban J connectivity index is 3.06. The van der Waals surface area contributed by atoms with Gasteiger partial charge in [-0.25, -0.2) is 8.42 Å². The molecule has 0 bridgehead atoms. The van der Waals surface area contributed by atoms with Crippen LogP contribution < -0.4 is 5.32 Å². The van der Waals surface area contributed by atoms with E-state index >= 15 is 33.6 Å². The number of nitrogens with one attached hydrogen (secondary N) is 1. The summed E-state index contributed by atoms with van der Waals surface area (Å²) in [6.45, 7) is 31.3. The van der Waals surface area contributed by atoms with Gasteiger partial charge in [0.25, 0.3) is 0 Å². The molecule has 95 heavy (non-hydrogen) atoms. The lowest BCUT2D eigenvalue weighted by Gasteiger charge is -2.41. The summed E-state index contributed by atoms with van der Waals surface area (Å²) in [4.78, 5) is 175. The van der Waals surface area contributed by atoms with E-state index in [-0.39, 0.29) is 88.1 Å². The first-order valence-electron chi connectivity index (χ1n) is 34.5. The van der Waals surface area contributed by atoms with Gasteiger partial charge in [-0.15, -0.1) is 0 Å². The van der Waals surface area contributed by atoms with E-state index in [4.69, 9.17) is 0 Å². The summed E-state index contributed by atoms with van der Waals surface area (Å²) in [7, 11) is 6.63. The Kier molecular flexibility index (Phi) is 34.1. The number of piperazine rings is 1. The van der Waals surface area contributed by atoms with Gasteiger partial charge in [0.05, 0.1) is 24.4 Å². The maximum absolute atomic E-state index is 15.3. The lowest BCUT2D eigenvalue weighted by atomic mass is 9.83. The summed E-state index contributed by atoms with van der Waals surface area (Å²) in [5.41, 5.74) is 0. The maximum atomic E-state index is 15.3. The number of Topliss-reactive ketones (excluding diaryl/α,β-unsaturated/α-hetero) is 3. The summed E-state index contributed by atoms with van der Waals surface area (Å²) in [6.07, 6.45) is 3.13. The molecule has 8 amide bonds. The van der Waals surface area contributed by atoms with E-state index in [1.54, 1.807) is 81.4 Å². The van der Waals surface area contributed by atoms with Crippen molar-refractivity contribution in [3.05, 3.63) is 12.2 Å². The Morgan fingerprint density at radius 3 is 1.42 bits per heavy atom. The second kappa shape index (κ2) is 37.9. The number of hydrogen-bond donors (Lipinski definition) is 2. The first-order valence-corrected chi connectivity index (χ1v) is 36.4. The Morgan fingerprint density at radius 2 is 0.958 bits per heavy atom. The van der Waals surface area contributed by atoms with Crippen molar-refractivity contribution in [1.82, 2.24) is 48.8 Å². The van der Waals surface area contributed by atoms with Crippen molar-refractivity contribution in [2.45, 2.75) is 224 Å². The minimum Gasteiger partial charge on any atom is -0.390 e. The molecule has 2 fully saturated rings. The van der Waals surface area contributed by atoms with Crippen LogP contribution in [0.2, 0.25) is 0 Å². The van der Waals surface area contributed by atoms with Crippen LogP contribution in [0.25, 0.3) is 0 Å². The van der Waals surface area contributed by atoms with E-state index in [0.717, 1.165) is 16.1 Å². The number of allylic oxidation sites excluding steroid dienone is 2. The van der Waals surface area contributed by atoms with Crippen LogP contribution in [0.15, 0.2) is 12.2 Å². The third kappa shape index (κ3) is 23.2. The van der Waals surface area contributed by atoms with Gasteiger partial charge in [-0.2, -0.15) is 4.31 Å². The molecule has 0 unspecified atom stereocenters. The van der Waals surface area contributed by atoms with Gasteiger partial charge in [0.1, 0.15) is 42.0 Å². The molecule has 2 N–H and O–H groups in total. The average molecular weight is 1360 g/mol. The molecule has 544 valence electrons. The highest BCUT2D eigenvalue weighted by Gasteiger charge is 2.47. The quantitative estimate of drug-likeness (QED) is 0.179. The van der Waals surface area contributed by atoms with E-state index in [9.17, 15) is 32.7 Å². The summed E-state index contributed by atoms with van der Waals surface area (Å²) in [5, 5.41) is 15.0. The molecule has 14 atom stereocenters. The topological polar surface area (TPSA) is 283 Å². The molecule has 0 saturated carbocycles. The smallest absolute Gasteiger partial charge is 0.246 e. The summed E-state index contributed by atoms with van der Waals surface area (Å²) >= 11 is 0. The molecule has 0 aromatic carbocycles. The zero-order valence-electron chi connectivity index (χ0n) is 62.5. The van der Waals surface area contributed by atoms with Crippen LogP contribution in [0, 0.1) is 59.2 Å². The Morgan fingerprint density at radius 1 is 0.505 bits per heavy atom. The molecule has 2 heterocycles. The standard InChI is InChI=1S/C70H124N10O14S/c1-26-28-29-46(13)62(84)61-63(85)71-52(27-2)67(89)72(18)50(17)65(87)77(23)60(49(16)40-79-30-32-80(33-31-79)95(25,93)94)58(83)39-51(44(9)10)66(88)73(19)53(34-41(3)4)57(82)37-47(14)56(81)38-48(15)64(86)74(20)54(35-42(5)6)68(90)75(21)55(36-43(7)8)69(91)76(22)59(45(11)12)70(92)78(61)24/h26,28,41-55,59-62,84H,27,29-40H2,1-25H3,(H,71,85)/b28-26+/t46-,47-,48+,49-,50-,51+,52+,53+,54+,55+,59+,60+,61+,62-/m1/s1. The van der Waals surface area contributed by atoms with Crippen molar-refractivity contribution in [2.24, 2.45) is 59.2 Å². The fourth-order valence-corrected chi connectivity index (χ4v) is 14.2. The van der Waals surface area contributed by atoms with Crippen LogP contribution in [0.3, 0.4) is 0 Å². The van der Waals surface area contributed by atoms with E-state index in [1.165, 1.54) is 85.1 Å². The molecule has 2 aliphatic heterocycles. The molecule has 0 aromatic rings. The van der Waals surface area contributed by atoms with Crippen molar-refractivity contribution in [3.63, 3.8) is 0 Å². The average Bonchev–Trinajstić information content (AvgIpc) is 0.815. The first kappa shape index (κ1) is 85.4. The van der Waals surface area contributed by atoms with Crippen LogP contribution in [0.4, 0.5) is 0 Å². The van der Waals surface area contributed by atoms with Gasteiger partial charge in [-0.05, 0) is 87.4 Å². The number of carbonyl (C=O) groups is 11. The van der Waals surface area contributed by atoms with E-state index in [2.05, 4.69) is 5.32 Å². The van der Waals surface area contributed by atoms with Gasteiger partial charge in [0, 0.05) is 119 Å². The molecule has 2 rings (SSSR count). The molecule has 2 aliphatic rings. The molecule has 24 nitrogen and oxygen atoms in total. The SMILES string of the molecule is C/C=C/C[C@@H](C)[C@@H](O)[C@H]1C(=O)N[C@@H](CC)C(=O)N(C)[C@H](C)C(=O)N(C)[C@@H]([C@H](C)CN2CCN(S(C)(=O)=O)CC2)C(=O)C[C@@H](C(C)C)C(=O)N(C)[C@@H](CC(C)C)C(=O)C[C@@H](C)C(=O)C[C@H](C)C(=O)N(C)[C@@H](CC(C)C)C(=O)N(C)[C@@H](CC(C)C)C(=O)N(C)[C@@H](C(C)C)C(=O)N1C. The van der Waals surface area contributed by atoms with Gasteiger partial charge in [-0.3, -0.25) is 52.7 Å². The van der Waals surface area contributed by atoms with E-state index in [0.29, 0.717) is 19.5 Å². The summed E-state index contributed by atoms with van der Waals surface area (Å²) in [5.74, 6) is -12.0. The Hall–Kier alpha value is -5.66. The van der Waals surface area contributed by atoms with Crippen molar-refractivity contribution in [2.75, 3.05) is 88.3 Å². The number of aliphatic hydroxyl groups is 1. The van der Waals surface area contributed by atoms with Crippen molar-refractivity contribution in [1.29, 1.82) is 0 Å². The Bertz CT molecular complexity index is 2790. The Labute approximate surface area is 570 Å². The molecule has 0 radical (unpaired) electrons. The van der Waals surface area contributed by atoms with Crippen molar-refractivity contribution >= 4 is 74.6 Å². The predicted octanol–water partition coefficient (Wildman–Crippen LogP) is 5.10. The number of amides is 8. The largest absolute Gasteiger partial charge is 0.390 e. The minimum absolute atomic E-state index is 0.0127. The summed E-state index contributed by atoms with van der Waals surface area (Å²) < 4.78 is 26.3. The normalized spacial score (nSPS) is 28.2. The number of sulfonamides is 1. The number of hydrogen-bond acceptors (Lipinski definition) is 15. The lowest BCUT2D eigenvalue weighted by molar-refractivity contribution is -0.157.